The van der Waals surface area contributed by atoms with Gasteiger partial charge in [-0.3, -0.25) is 9.59 Å². The van der Waals surface area contributed by atoms with Crippen molar-refractivity contribution in [3.8, 4) is 6.07 Å². The van der Waals surface area contributed by atoms with Gasteiger partial charge in [-0.25, -0.2) is 0 Å². The van der Waals surface area contributed by atoms with Crippen molar-refractivity contribution in [2.24, 2.45) is 0 Å². The molecule has 8 heteroatoms. The van der Waals surface area contributed by atoms with Crippen molar-refractivity contribution in [1.29, 1.82) is 5.26 Å². The van der Waals surface area contributed by atoms with E-state index in [2.05, 4.69) is 5.32 Å². The Kier molecular flexibility index (Phi) is 7.47. The summed E-state index contributed by atoms with van der Waals surface area (Å²) >= 11 is 11.9. The number of rotatable bonds is 7. The fourth-order valence-electron chi connectivity index (χ4n) is 2.40. The van der Waals surface area contributed by atoms with Gasteiger partial charge in [0.2, 0.25) is 11.8 Å². The molecule has 0 saturated carbocycles. The molecule has 2 aromatic rings. The van der Waals surface area contributed by atoms with Gasteiger partial charge in [-0.1, -0.05) is 41.4 Å². The first kappa shape index (κ1) is 20.6. The molecule has 140 valence electrons. The van der Waals surface area contributed by atoms with Crippen LogP contribution in [0, 0.1) is 11.3 Å². The molecule has 0 bridgehead atoms. The van der Waals surface area contributed by atoms with E-state index in [0.29, 0.717) is 11.4 Å². The number of nitrogen functional groups attached to an aromatic ring is 1. The summed E-state index contributed by atoms with van der Waals surface area (Å²) in [6.07, 6.45) is 0.187. The van der Waals surface area contributed by atoms with Gasteiger partial charge in [0.1, 0.15) is 0 Å². The molecule has 0 aromatic heterocycles. The second kappa shape index (κ2) is 9.81. The monoisotopic (exact) mass is 404 g/mol. The first-order valence-electron chi connectivity index (χ1n) is 8.19. The molecule has 0 unspecified atom stereocenters. The van der Waals surface area contributed by atoms with E-state index in [9.17, 15) is 9.59 Å². The van der Waals surface area contributed by atoms with Crippen LogP contribution in [0.4, 0.5) is 17.1 Å². The number of carbonyl (C=O) groups is 2. The SMILES string of the molecule is N#CCCN(C(=O)CCC(=O)Nc1cc(Cl)c(N)c(Cl)c1)c1ccccc1. The van der Waals surface area contributed by atoms with Crippen LogP contribution in [0.3, 0.4) is 0 Å². The van der Waals surface area contributed by atoms with Crippen LogP contribution in [0.2, 0.25) is 10.0 Å². The third kappa shape index (κ3) is 5.88. The fraction of sp³-hybridized carbons (Fsp3) is 0.211. The van der Waals surface area contributed by atoms with Crippen LogP contribution >= 0.6 is 23.2 Å². The maximum absolute atomic E-state index is 12.5. The first-order valence-corrected chi connectivity index (χ1v) is 8.94. The molecule has 2 amide bonds. The van der Waals surface area contributed by atoms with E-state index in [-0.39, 0.29) is 53.4 Å². The summed E-state index contributed by atoms with van der Waals surface area (Å²) in [7, 11) is 0. The highest BCUT2D eigenvalue weighted by molar-refractivity contribution is 6.39. The van der Waals surface area contributed by atoms with E-state index in [1.807, 2.05) is 24.3 Å². The lowest BCUT2D eigenvalue weighted by atomic mass is 10.2. The van der Waals surface area contributed by atoms with Gasteiger partial charge in [0.05, 0.1) is 28.2 Å². The molecule has 0 atom stereocenters. The Bertz CT molecular complexity index is 843. The normalized spacial score (nSPS) is 10.1. The van der Waals surface area contributed by atoms with Crippen molar-refractivity contribution in [2.75, 3.05) is 22.5 Å². The summed E-state index contributed by atoms with van der Waals surface area (Å²) < 4.78 is 0. The summed E-state index contributed by atoms with van der Waals surface area (Å²) in [5, 5.41) is 11.9. The molecule has 0 fully saturated rings. The number of halogens is 2. The predicted octanol–water partition coefficient (Wildman–Crippen LogP) is 4.24. The maximum Gasteiger partial charge on any atom is 0.227 e. The van der Waals surface area contributed by atoms with Crippen molar-refractivity contribution in [2.45, 2.75) is 19.3 Å². The minimum Gasteiger partial charge on any atom is -0.396 e. The van der Waals surface area contributed by atoms with Crippen LogP contribution in [0.15, 0.2) is 42.5 Å². The molecular formula is C19H18Cl2N4O2. The minimum atomic E-state index is -0.353. The molecule has 0 aliphatic carbocycles. The maximum atomic E-state index is 12.5. The quantitative estimate of drug-likeness (QED) is 0.673. The Labute approximate surface area is 167 Å². The third-order valence-corrected chi connectivity index (χ3v) is 4.37. The molecule has 0 aliphatic rings. The average Bonchev–Trinajstić information content (AvgIpc) is 2.65. The highest BCUT2D eigenvalue weighted by atomic mass is 35.5. The largest absolute Gasteiger partial charge is 0.396 e. The van der Waals surface area contributed by atoms with Crippen molar-refractivity contribution < 1.29 is 9.59 Å². The predicted molar refractivity (Wildman–Crippen MR) is 108 cm³/mol. The zero-order valence-electron chi connectivity index (χ0n) is 14.4. The molecule has 0 heterocycles. The Morgan fingerprint density at radius 2 is 1.74 bits per heavy atom. The highest BCUT2D eigenvalue weighted by Crippen LogP contribution is 2.31. The number of nitrogens with two attached hydrogens (primary N) is 1. The number of carbonyl (C=O) groups excluding carboxylic acids is 2. The molecule has 27 heavy (non-hydrogen) atoms. The summed E-state index contributed by atoms with van der Waals surface area (Å²) in [5.41, 5.74) is 6.99. The molecule has 3 N–H and O–H groups in total. The van der Waals surface area contributed by atoms with Gasteiger partial charge < -0.3 is 16.0 Å². The number of hydrogen-bond donors (Lipinski definition) is 2. The van der Waals surface area contributed by atoms with Gasteiger partial charge in [-0.05, 0) is 24.3 Å². The van der Waals surface area contributed by atoms with Crippen molar-refractivity contribution in [3.63, 3.8) is 0 Å². The van der Waals surface area contributed by atoms with Crippen LogP contribution in [0.25, 0.3) is 0 Å². The van der Waals surface area contributed by atoms with Gasteiger partial charge in [0.15, 0.2) is 0 Å². The number of hydrogen-bond acceptors (Lipinski definition) is 4. The molecule has 0 radical (unpaired) electrons. The lowest BCUT2D eigenvalue weighted by molar-refractivity contribution is -0.122. The Balaban J connectivity index is 1.98. The van der Waals surface area contributed by atoms with Crippen molar-refractivity contribution in [3.05, 3.63) is 52.5 Å². The zero-order valence-corrected chi connectivity index (χ0v) is 15.9. The lowest BCUT2D eigenvalue weighted by Gasteiger charge is -2.21. The molecule has 2 aromatic carbocycles. The van der Waals surface area contributed by atoms with Crippen LogP contribution in [-0.4, -0.2) is 18.4 Å². The molecule has 6 nitrogen and oxygen atoms in total. The average molecular weight is 405 g/mol. The smallest absolute Gasteiger partial charge is 0.227 e. The number of nitriles is 1. The summed E-state index contributed by atoms with van der Waals surface area (Å²) in [4.78, 5) is 26.2. The van der Waals surface area contributed by atoms with Gasteiger partial charge >= 0.3 is 0 Å². The standard InChI is InChI=1S/C19H18Cl2N4O2/c20-15-11-13(12-16(21)19(15)23)24-17(26)7-8-18(27)25(10-4-9-22)14-5-2-1-3-6-14/h1-3,5-6,11-12H,4,7-8,10,23H2,(H,24,26). The second-order valence-electron chi connectivity index (χ2n) is 5.69. The van der Waals surface area contributed by atoms with Gasteiger partial charge in [0, 0.05) is 30.8 Å². The van der Waals surface area contributed by atoms with Gasteiger partial charge in [-0.15, -0.1) is 0 Å². The molecule has 0 aliphatic heterocycles. The van der Waals surface area contributed by atoms with Crippen LogP contribution in [-0.2, 0) is 9.59 Å². The highest BCUT2D eigenvalue weighted by Gasteiger charge is 2.17. The summed E-state index contributed by atoms with van der Waals surface area (Å²) in [6.45, 7) is 0.268. The Morgan fingerprint density at radius 1 is 1.11 bits per heavy atom. The fourth-order valence-corrected chi connectivity index (χ4v) is 2.89. The topological polar surface area (TPSA) is 99.2 Å². The van der Waals surface area contributed by atoms with E-state index < -0.39 is 0 Å². The Hall–Kier alpha value is -2.75. The van der Waals surface area contributed by atoms with E-state index in [0.717, 1.165) is 0 Å². The Morgan fingerprint density at radius 3 is 2.33 bits per heavy atom. The van der Waals surface area contributed by atoms with E-state index >= 15 is 0 Å². The lowest BCUT2D eigenvalue weighted by Crippen LogP contribution is -2.32. The van der Waals surface area contributed by atoms with Crippen LogP contribution < -0.4 is 16.0 Å². The number of nitrogens with one attached hydrogen (secondary N) is 1. The first-order chi connectivity index (χ1) is 12.9. The van der Waals surface area contributed by atoms with Crippen molar-refractivity contribution >= 4 is 52.1 Å². The summed E-state index contributed by atoms with van der Waals surface area (Å²) in [5.74, 6) is -0.589. The number of para-hydroxylation sites is 1. The van der Waals surface area contributed by atoms with Gasteiger partial charge in [0.25, 0.3) is 0 Å². The molecular weight excluding hydrogens is 387 g/mol. The number of anilines is 3. The molecule has 2 rings (SSSR count). The van der Waals surface area contributed by atoms with Crippen LogP contribution in [0.1, 0.15) is 19.3 Å². The third-order valence-electron chi connectivity index (χ3n) is 3.74. The number of benzene rings is 2. The summed E-state index contributed by atoms with van der Waals surface area (Å²) in [6, 6.07) is 14.0. The number of nitrogens with zero attached hydrogens (tertiary/aromatic N) is 2. The van der Waals surface area contributed by atoms with Gasteiger partial charge in [-0.2, -0.15) is 5.26 Å². The van der Waals surface area contributed by atoms with E-state index in [1.165, 1.54) is 17.0 Å². The van der Waals surface area contributed by atoms with E-state index in [1.54, 1.807) is 12.1 Å². The second-order valence-corrected chi connectivity index (χ2v) is 6.51. The number of amides is 2. The van der Waals surface area contributed by atoms with Crippen LogP contribution in [0.5, 0.6) is 0 Å². The van der Waals surface area contributed by atoms with E-state index in [4.69, 9.17) is 34.2 Å². The van der Waals surface area contributed by atoms with Crippen molar-refractivity contribution in [1.82, 2.24) is 0 Å². The molecule has 0 saturated heterocycles. The zero-order chi connectivity index (χ0) is 19.8. The molecule has 0 spiro atoms. The minimum absolute atomic E-state index is 0.00257.